The smallest absolute Gasteiger partial charge is 0.251 e. The van der Waals surface area contributed by atoms with Gasteiger partial charge in [0.05, 0.1) is 16.6 Å². The molecule has 0 atom stereocenters. The highest BCUT2D eigenvalue weighted by Crippen LogP contribution is 2.41. The monoisotopic (exact) mass is 443 g/mol. The molecule has 4 N–H and O–H groups in total. The lowest BCUT2D eigenvalue weighted by molar-refractivity contribution is 0.100. The summed E-state index contributed by atoms with van der Waals surface area (Å²) >= 11 is 0. The topological polar surface area (TPSA) is 96.7 Å². The summed E-state index contributed by atoms with van der Waals surface area (Å²) in [4.78, 5) is 25.6. The number of para-hydroxylation sites is 2. The van der Waals surface area contributed by atoms with Gasteiger partial charge in [0.25, 0.3) is 5.91 Å². The Labute approximate surface area is 195 Å². The summed E-state index contributed by atoms with van der Waals surface area (Å²) < 4.78 is 0. The third kappa shape index (κ3) is 3.16. The fourth-order valence-electron chi connectivity index (χ4n) is 4.65. The molecule has 0 bridgehead atoms. The van der Waals surface area contributed by atoms with E-state index in [-0.39, 0.29) is 0 Å². The van der Waals surface area contributed by atoms with E-state index < -0.39 is 5.91 Å². The Morgan fingerprint density at radius 2 is 1.56 bits per heavy atom. The quantitative estimate of drug-likeness (QED) is 0.307. The van der Waals surface area contributed by atoms with Crippen molar-refractivity contribution >= 4 is 50.1 Å². The second-order valence-electron chi connectivity index (χ2n) is 8.26. The van der Waals surface area contributed by atoms with E-state index in [1.807, 2.05) is 85.8 Å². The van der Waals surface area contributed by atoms with Crippen molar-refractivity contribution < 1.29 is 4.79 Å². The summed E-state index contributed by atoms with van der Waals surface area (Å²) in [5.74, 6) is 0.837. The Bertz CT molecular complexity index is 1720. The van der Waals surface area contributed by atoms with Crippen molar-refractivity contribution in [2.24, 2.45) is 5.73 Å². The number of carbonyl (C=O) groups is 1. The van der Waals surface area contributed by atoms with Crippen LogP contribution < -0.4 is 11.1 Å². The molecule has 0 saturated heterocycles. The van der Waals surface area contributed by atoms with E-state index in [0.29, 0.717) is 17.2 Å². The fraction of sp³-hybridized carbons (Fsp3) is 0.0357. The van der Waals surface area contributed by atoms with Gasteiger partial charge in [-0.15, -0.1) is 0 Å². The van der Waals surface area contributed by atoms with Crippen LogP contribution in [0.1, 0.15) is 16.2 Å². The number of hydrogen-bond acceptors (Lipinski definition) is 4. The van der Waals surface area contributed by atoms with Gasteiger partial charge in [-0.2, -0.15) is 0 Å². The first-order chi connectivity index (χ1) is 16.6. The standard InChI is InChI=1S/C28H21N5O/c1-16-30-22-14-8-6-12-19(22)28(31-16)33-23-15-20-18-11-5-7-13-21(18)32-26(20)25(27(29)34)24(23)17-9-3-2-4-10-17/h2-15,32H,1H3,(H2,29,34)(H,30,31,33). The molecule has 6 rings (SSSR count). The molecule has 1 amide bonds. The van der Waals surface area contributed by atoms with Gasteiger partial charge in [-0.3, -0.25) is 4.79 Å². The van der Waals surface area contributed by atoms with Crippen LogP contribution in [0.2, 0.25) is 0 Å². The molecule has 4 aromatic carbocycles. The van der Waals surface area contributed by atoms with Crippen LogP contribution >= 0.6 is 0 Å². The molecule has 0 aliphatic carbocycles. The highest BCUT2D eigenvalue weighted by Gasteiger charge is 2.22. The van der Waals surface area contributed by atoms with Crippen molar-refractivity contribution in [2.45, 2.75) is 6.92 Å². The summed E-state index contributed by atoms with van der Waals surface area (Å²) in [6.45, 7) is 1.87. The van der Waals surface area contributed by atoms with E-state index in [9.17, 15) is 4.79 Å². The largest absolute Gasteiger partial charge is 0.366 e. The Morgan fingerprint density at radius 1 is 0.853 bits per heavy atom. The molecule has 0 fully saturated rings. The van der Waals surface area contributed by atoms with Gasteiger partial charge in [0.15, 0.2) is 0 Å². The van der Waals surface area contributed by atoms with Gasteiger partial charge in [-0.25, -0.2) is 9.97 Å². The van der Waals surface area contributed by atoms with Crippen LogP contribution in [0.25, 0.3) is 43.8 Å². The minimum absolute atomic E-state index is 0.442. The molecule has 6 nitrogen and oxygen atoms in total. The van der Waals surface area contributed by atoms with Crippen LogP contribution in [0.4, 0.5) is 11.5 Å². The van der Waals surface area contributed by atoms with Crippen LogP contribution in [0.15, 0.2) is 84.9 Å². The van der Waals surface area contributed by atoms with Crippen LogP contribution in [-0.4, -0.2) is 20.9 Å². The molecule has 164 valence electrons. The molecule has 0 aliphatic rings. The Morgan fingerprint density at radius 3 is 2.35 bits per heavy atom. The minimum Gasteiger partial charge on any atom is -0.366 e. The SMILES string of the molecule is Cc1nc(Nc2cc3c([nH]c4ccccc43)c(C(N)=O)c2-c2ccccc2)c2ccccc2n1. The third-order valence-corrected chi connectivity index (χ3v) is 6.08. The van der Waals surface area contributed by atoms with E-state index in [4.69, 9.17) is 5.73 Å². The maximum atomic E-state index is 12.9. The van der Waals surface area contributed by atoms with E-state index in [2.05, 4.69) is 26.3 Å². The first kappa shape index (κ1) is 19.9. The number of nitrogens with one attached hydrogen (secondary N) is 2. The lowest BCUT2D eigenvalue weighted by Gasteiger charge is -2.17. The van der Waals surface area contributed by atoms with Gasteiger partial charge < -0.3 is 16.0 Å². The first-order valence-electron chi connectivity index (χ1n) is 11.0. The van der Waals surface area contributed by atoms with Crippen molar-refractivity contribution in [3.8, 4) is 11.1 Å². The minimum atomic E-state index is -0.497. The number of fused-ring (bicyclic) bond motifs is 4. The van der Waals surface area contributed by atoms with Crippen molar-refractivity contribution in [2.75, 3.05) is 5.32 Å². The molecule has 34 heavy (non-hydrogen) atoms. The van der Waals surface area contributed by atoms with Gasteiger partial charge in [-0.1, -0.05) is 60.7 Å². The number of anilines is 2. The maximum absolute atomic E-state index is 12.9. The molecular weight excluding hydrogens is 422 g/mol. The number of nitrogens with two attached hydrogens (primary N) is 1. The van der Waals surface area contributed by atoms with E-state index >= 15 is 0 Å². The van der Waals surface area contributed by atoms with Gasteiger partial charge in [0.2, 0.25) is 0 Å². The number of aromatic nitrogens is 3. The van der Waals surface area contributed by atoms with Crippen molar-refractivity contribution in [1.82, 2.24) is 15.0 Å². The number of H-pyrrole nitrogens is 1. The average Bonchev–Trinajstić information content (AvgIpc) is 3.21. The third-order valence-electron chi connectivity index (χ3n) is 6.08. The molecular formula is C28H21N5O. The van der Waals surface area contributed by atoms with E-state index in [0.717, 1.165) is 49.5 Å². The number of rotatable bonds is 4. The zero-order chi connectivity index (χ0) is 23.2. The molecule has 2 heterocycles. The highest BCUT2D eigenvalue weighted by atomic mass is 16.1. The number of primary amides is 1. The summed E-state index contributed by atoms with van der Waals surface area (Å²) in [6, 6.07) is 27.7. The predicted molar refractivity (Wildman–Crippen MR) is 137 cm³/mol. The molecule has 0 unspecified atom stereocenters. The molecule has 0 aliphatic heterocycles. The van der Waals surface area contributed by atoms with Crippen LogP contribution in [-0.2, 0) is 0 Å². The van der Waals surface area contributed by atoms with Crippen molar-refractivity contribution in [3.63, 3.8) is 0 Å². The molecule has 6 heteroatoms. The Balaban J connectivity index is 1.71. The lowest BCUT2D eigenvalue weighted by Crippen LogP contribution is -2.14. The number of amides is 1. The summed E-state index contributed by atoms with van der Waals surface area (Å²) in [6.07, 6.45) is 0. The highest BCUT2D eigenvalue weighted by molar-refractivity contribution is 6.20. The Hall–Kier alpha value is -4.71. The normalized spacial score (nSPS) is 11.3. The van der Waals surface area contributed by atoms with E-state index in [1.54, 1.807) is 0 Å². The lowest BCUT2D eigenvalue weighted by atomic mass is 9.94. The number of nitrogens with zero attached hydrogens (tertiary/aromatic N) is 2. The second-order valence-corrected chi connectivity index (χ2v) is 8.26. The number of carbonyl (C=O) groups excluding carboxylic acids is 1. The zero-order valence-corrected chi connectivity index (χ0v) is 18.5. The fourth-order valence-corrected chi connectivity index (χ4v) is 4.65. The van der Waals surface area contributed by atoms with Crippen LogP contribution in [0.3, 0.4) is 0 Å². The second kappa shape index (κ2) is 7.71. The predicted octanol–water partition coefficient (Wildman–Crippen LogP) is 6.08. The zero-order valence-electron chi connectivity index (χ0n) is 18.5. The number of hydrogen-bond donors (Lipinski definition) is 3. The first-order valence-corrected chi connectivity index (χ1v) is 11.0. The van der Waals surface area contributed by atoms with Crippen molar-refractivity contribution in [1.29, 1.82) is 0 Å². The average molecular weight is 444 g/mol. The number of benzene rings is 4. The Kier molecular flexibility index (Phi) is 4.52. The van der Waals surface area contributed by atoms with Crippen molar-refractivity contribution in [3.05, 3.63) is 96.3 Å². The number of aryl methyl sites for hydroxylation is 1. The maximum Gasteiger partial charge on any atom is 0.251 e. The molecule has 0 radical (unpaired) electrons. The summed E-state index contributed by atoms with van der Waals surface area (Å²) in [7, 11) is 0. The molecule has 6 aromatic rings. The summed E-state index contributed by atoms with van der Waals surface area (Å²) in [5.41, 5.74) is 11.3. The van der Waals surface area contributed by atoms with Crippen LogP contribution in [0.5, 0.6) is 0 Å². The number of aromatic amines is 1. The molecule has 2 aromatic heterocycles. The van der Waals surface area contributed by atoms with Crippen LogP contribution in [0, 0.1) is 6.92 Å². The molecule has 0 spiro atoms. The van der Waals surface area contributed by atoms with E-state index in [1.165, 1.54) is 0 Å². The molecule has 0 saturated carbocycles. The van der Waals surface area contributed by atoms with Gasteiger partial charge in [0, 0.05) is 32.9 Å². The van der Waals surface area contributed by atoms with Gasteiger partial charge in [0.1, 0.15) is 11.6 Å². The van der Waals surface area contributed by atoms with Gasteiger partial charge >= 0.3 is 0 Å². The van der Waals surface area contributed by atoms with Gasteiger partial charge in [-0.05, 0) is 36.8 Å². The summed E-state index contributed by atoms with van der Waals surface area (Å²) in [5, 5.41) is 6.36.